The number of aromatic nitrogens is 1. The van der Waals surface area contributed by atoms with Crippen molar-refractivity contribution in [3.05, 3.63) is 48.3 Å². The zero-order chi connectivity index (χ0) is 22.9. The molecule has 1 saturated heterocycles. The van der Waals surface area contributed by atoms with Gasteiger partial charge in [0.25, 0.3) is 5.91 Å². The van der Waals surface area contributed by atoms with Crippen LogP contribution in [0.2, 0.25) is 0 Å². The SMILES string of the molecule is CCOc1cccc2c1OCCOCCN(C(=O)COc1cccnc1)C[C@@H]1CCCN1C2. The number of hydrogen-bond acceptors (Lipinski definition) is 7. The summed E-state index contributed by atoms with van der Waals surface area (Å²) in [5.74, 6) is 2.12. The summed E-state index contributed by atoms with van der Waals surface area (Å²) in [5, 5.41) is 0. The van der Waals surface area contributed by atoms with Crippen LogP contribution in [0.4, 0.5) is 0 Å². The van der Waals surface area contributed by atoms with E-state index in [1.165, 1.54) is 0 Å². The minimum Gasteiger partial charge on any atom is -0.490 e. The van der Waals surface area contributed by atoms with E-state index in [4.69, 9.17) is 18.9 Å². The van der Waals surface area contributed by atoms with Gasteiger partial charge in [0.1, 0.15) is 12.4 Å². The molecule has 0 unspecified atom stereocenters. The van der Waals surface area contributed by atoms with Crippen LogP contribution in [-0.4, -0.2) is 79.4 Å². The zero-order valence-electron chi connectivity index (χ0n) is 19.3. The van der Waals surface area contributed by atoms with Crippen molar-refractivity contribution >= 4 is 5.91 Å². The third-order valence-corrected chi connectivity index (χ3v) is 5.99. The maximum atomic E-state index is 13.0. The van der Waals surface area contributed by atoms with Crippen LogP contribution in [-0.2, 0) is 16.1 Å². The Morgan fingerprint density at radius 3 is 2.94 bits per heavy atom. The highest BCUT2D eigenvalue weighted by molar-refractivity contribution is 5.77. The fourth-order valence-electron chi connectivity index (χ4n) is 4.37. The molecule has 0 spiro atoms. The summed E-state index contributed by atoms with van der Waals surface area (Å²) in [5.41, 5.74) is 1.10. The molecule has 0 bridgehead atoms. The molecule has 1 atom stereocenters. The molecule has 2 aromatic rings. The highest BCUT2D eigenvalue weighted by atomic mass is 16.5. The molecule has 0 aliphatic carbocycles. The first-order valence-electron chi connectivity index (χ1n) is 11.7. The van der Waals surface area contributed by atoms with Gasteiger partial charge in [0.2, 0.25) is 0 Å². The molecule has 2 aliphatic heterocycles. The number of fused-ring (bicyclic) bond motifs is 2. The number of benzene rings is 1. The monoisotopic (exact) mass is 455 g/mol. The Bertz CT molecular complexity index is 895. The first-order valence-corrected chi connectivity index (χ1v) is 11.7. The number of pyridine rings is 1. The quantitative estimate of drug-likeness (QED) is 0.686. The van der Waals surface area contributed by atoms with Gasteiger partial charge in [-0.15, -0.1) is 0 Å². The van der Waals surface area contributed by atoms with Crippen molar-refractivity contribution in [3.63, 3.8) is 0 Å². The van der Waals surface area contributed by atoms with Crippen molar-refractivity contribution in [2.75, 3.05) is 52.7 Å². The van der Waals surface area contributed by atoms with Gasteiger partial charge in [-0.1, -0.05) is 12.1 Å². The Morgan fingerprint density at radius 1 is 1.15 bits per heavy atom. The van der Waals surface area contributed by atoms with Crippen molar-refractivity contribution in [2.45, 2.75) is 32.4 Å². The van der Waals surface area contributed by atoms with Crippen LogP contribution in [0.25, 0.3) is 0 Å². The van der Waals surface area contributed by atoms with Gasteiger partial charge in [0.05, 0.1) is 26.0 Å². The second-order valence-corrected chi connectivity index (χ2v) is 8.22. The van der Waals surface area contributed by atoms with Crippen LogP contribution in [0.15, 0.2) is 42.7 Å². The largest absolute Gasteiger partial charge is 0.490 e. The molecule has 8 heteroatoms. The number of rotatable bonds is 5. The normalized spacial score (nSPS) is 19.8. The van der Waals surface area contributed by atoms with Crippen LogP contribution in [0, 0.1) is 0 Å². The summed E-state index contributed by atoms with van der Waals surface area (Å²) in [6.07, 6.45) is 5.45. The van der Waals surface area contributed by atoms with Gasteiger partial charge in [0.15, 0.2) is 18.1 Å². The average molecular weight is 456 g/mol. The van der Waals surface area contributed by atoms with E-state index in [-0.39, 0.29) is 18.6 Å². The predicted molar refractivity (Wildman–Crippen MR) is 124 cm³/mol. The van der Waals surface area contributed by atoms with E-state index in [0.29, 0.717) is 45.3 Å². The lowest BCUT2D eigenvalue weighted by molar-refractivity contribution is -0.135. The van der Waals surface area contributed by atoms with E-state index >= 15 is 0 Å². The molecular formula is C25H33N3O5. The Kier molecular flexibility index (Phi) is 8.38. The number of para-hydroxylation sites is 1. The van der Waals surface area contributed by atoms with Crippen LogP contribution >= 0.6 is 0 Å². The molecule has 0 radical (unpaired) electrons. The Morgan fingerprint density at radius 2 is 2.09 bits per heavy atom. The number of carbonyl (C=O) groups is 1. The highest BCUT2D eigenvalue weighted by Gasteiger charge is 2.29. The van der Waals surface area contributed by atoms with Crippen LogP contribution < -0.4 is 14.2 Å². The first kappa shape index (κ1) is 23.3. The molecule has 0 saturated carbocycles. The zero-order valence-corrected chi connectivity index (χ0v) is 19.3. The lowest BCUT2D eigenvalue weighted by Gasteiger charge is -2.31. The molecule has 4 rings (SSSR count). The molecule has 33 heavy (non-hydrogen) atoms. The Labute approximate surface area is 195 Å². The van der Waals surface area contributed by atoms with E-state index in [2.05, 4.69) is 16.0 Å². The maximum absolute atomic E-state index is 13.0. The number of amides is 1. The molecule has 178 valence electrons. The maximum Gasteiger partial charge on any atom is 0.260 e. The minimum absolute atomic E-state index is 0.0118. The van der Waals surface area contributed by atoms with Crippen molar-refractivity contribution in [2.24, 2.45) is 0 Å². The van der Waals surface area contributed by atoms with Gasteiger partial charge in [-0.2, -0.15) is 0 Å². The average Bonchev–Trinajstić information content (AvgIpc) is 3.27. The van der Waals surface area contributed by atoms with E-state index in [0.717, 1.165) is 43.0 Å². The van der Waals surface area contributed by atoms with E-state index in [1.54, 1.807) is 24.5 Å². The molecule has 1 aromatic carbocycles. The molecule has 1 fully saturated rings. The molecule has 1 amide bonds. The summed E-state index contributed by atoms with van der Waals surface area (Å²) in [6.45, 7) is 6.81. The fourth-order valence-corrected chi connectivity index (χ4v) is 4.37. The number of nitrogens with zero attached hydrogens (tertiary/aromatic N) is 3. The van der Waals surface area contributed by atoms with Gasteiger partial charge in [0, 0.05) is 37.4 Å². The van der Waals surface area contributed by atoms with Gasteiger partial charge < -0.3 is 23.8 Å². The molecule has 0 N–H and O–H groups in total. The summed E-state index contributed by atoms with van der Waals surface area (Å²) in [6, 6.07) is 9.93. The molecule has 8 nitrogen and oxygen atoms in total. The number of hydrogen-bond donors (Lipinski definition) is 0. The third-order valence-electron chi connectivity index (χ3n) is 5.99. The number of ether oxygens (including phenoxy) is 4. The second-order valence-electron chi connectivity index (χ2n) is 8.22. The summed E-state index contributed by atoms with van der Waals surface area (Å²) in [7, 11) is 0. The minimum atomic E-state index is -0.0422. The summed E-state index contributed by atoms with van der Waals surface area (Å²) < 4.78 is 23.4. The molecule has 2 aliphatic rings. The number of carbonyl (C=O) groups excluding carboxylic acids is 1. The smallest absolute Gasteiger partial charge is 0.260 e. The topological polar surface area (TPSA) is 73.4 Å². The fraction of sp³-hybridized carbons (Fsp3) is 0.520. The lowest BCUT2D eigenvalue weighted by atomic mass is 10.1. The summed E-state index contributed by atoms with van der Waals surface area (Å²) >= 11 is 0. The van der Waals surface area contributed by atoms with Crippen molar-refractivity contribution < 1.29 is 23.7 Å². The second kappa shape index (κ2) is 11.9. The highest BCUT2D eigenvalue weighted by Crippen LogP contribution is 2.34. The van der Waals surface area contributed by atoms with Crippen LogP contribution in [0.5, 0.6) is 17.2 Å². The van der Waals surface area contributed by atoms with Gasteiger partial charge in [-0.3, -0.25) is 14.7 Å². The van der Waals surface area contributed by atoms with Gasteiger partial charge >= 0.3 is 0 Å². The van der Waals surface area contributed by atoms with Crippen molar-refractivity contribution in [1.29, 1.82) is 0 Å². The summed E-state index contributed by atoms with van der Waals surface area (Å²) in [4.78, 5) is 21.4. The van der Waals surface area contributed by atoms with Crippen LogP contribution in [0.3, 0.4) is 0 Å². The molecule has 3 heterocycles. The van der Waals surface area contributed by atoms with Crippen LogP contribution in [0.1, 0.15) is 25.3 Å². The molecular weight excluding hydrogens is 422 g/mol. The van der Waals surface area contributed by atoms with E-state index in [1.807, 2.05) is 24.0 Å². The van der Waals surface area contributed by atoms with E-state index < -0.39 is 0 Å². The third kappa shape index (κ3) is 6.36. The van der Waals surface area contributed by atoms with E-state index in [9.17, 15) is 4.79 Å². The first-order chi connectivity index (χ1) is 16.2. The predicted octanol–water partition coefficient (Wildman–Crippen LogP) is 2.76. The standard InChI is InChI=1S/C25H33N3O5/c1-2-31-23-9-3-6-20-17-27-11-5-7-21(27)18-28(12-13-30-14-15-32-25(20)23)24(29)19-33-22-8-4-10-26-16-22/h3-4,6,8-10,16,21H,2,5,7,11-15,17-19H2,1H3/t21-/m0/s1. The van der Waals surface area contributed by atoms with Crippen molar-refractivity contribution in [1.82, 2.24) is 14.8 Å². The lowest BCUT2D eigenvalue weighted by Crippen LogP contribution is -2.45. The van der Waals surface area contributed by atoms with Gasteiger partial charge in [-0.25, -0.2) is 0 Å². The Hall–Kier alpha value is -2.84. The van der Waals surface area contributed by atoms with Crippen molar-refractivity contribution in [3.8, 4) is 17.2 Å². The van der Waals surface area contributed by atoms with Gasteiger partial charge in [-0.05, 0) is 44.5 Å². The molecule has 1 aromatic heterocycles. The Balaban J connectivity index is 1.48.